The van der Waals surface area contributed by atoms with Gasteiger partial charge in [-0.3, -0.25) is 14.4 Å². The van der Waals surface area contributed by atoms with Crippen LogP contribution in [0, 0.1) is 5.41 Å². The van der Waals surface area contributed by atoms with Gasteiger partial charge >= 0.3 is 5.97 Å². The van der Waals surface area contributed by atoms with E-state index in [1.807, 2.05) is 24.3 Å². The molecule has 1 aromatic carbocycles. The van der Waals surface area contributed by atoms with Gasteiger partial charge in [-0.05, 0) is 25.5 Å². The third kappa shape index (κ3) is 3.06. The first-order chi connectivity index (χ1) is 10.9. The highest BCUT2D eigenvalue weighted by Gasteiger charge is 2.42. The van der Waals surface area contributed by atoms with E-state index in [1.165, 1.54) is 11.8 Å². The zero-order chi connectivity index (χ0) is 16.6. The number of nitrogens with zero attached hydrogens (tertiary/aromatic N) is 1. The summed E-state index contributed by atoms with van der Waals surface area (Å²) in [6.07, 6.45) is 0.529. The second-order valence-corrected chi connectivity index (χ2v) is 7.47. The number of carbonyl (C=O) groups is 3. The fourth-order valence-electron chi connectivity index (χ4n) is 2.86. The number of benzene rings is 1. The number of carbonyl (C=O) groups excluding carboxylic acids is 2. The van der Waals surface area contributed by atoms with Crippen molar-refractivity contribution in [3.05, 3.63) is 24.3 Å². The standard InChI is InChI=1S/C16H18N2O4S/c1-16(15(21)22)6-7-18(9-16)13(19)8-12-14(20)17-10-4-2-3-5-11(10)23-12/h2-5,12H,6-9H2,1H3,(H,17,20)(H,21,22)/t12-,16+/m0/s1. The average molecular weight is 334 g/mol. The zero-order valence-electron chi connectivity index (χ0n) is 12.7. The van der Waals surface area contributed by atoms with Gasteiger partial charge < -0.3 is 15.3 Å². The van der Waals surface area contributed by atoms with Crippen molar-refractivity contribution in [2.45, 2.75) is 29.9 Å². The lowest BCUT2D eigenvalue weighted by Gasteiger charge is -2.26. The van der Waals surface area contributed by atoms with Crippen molar-refractivity contribution >= 4 is 35.2 Å². The van der Waals surface area contributed by atoms with Crippen molar-refractivity contribution in [2.75, 3.05) is 18.4 Å². The molecule has 0 aliphatic carbocycles. The lowest BCUT2D eigenvalue weighted by Crippen LogP contribution is -2.38. The molecule has 1 aromatic rings. The summed E-state index contributed by atoms with van der Waals surface area (Å²) >= 11 is 1.38. The number of anilines is 1. The van der Waals surface area contributed by atoms with Crippen molar-refractivity contribution in [1.29, 1.82) is 0 Å². The van der Waals surface area contributed by atoms with Crippen molar-refractivity contribution in [1.82, 2.24) is 4.90 Å². The number of carboxylic acid groups (broad SMARTS) is 1. The number of thioether (sulfide) groups is 1. The Balaban J connectivity index is 1.65. The number of aliphatic carboxylic acids is 1. The first-order valence-electron chi connectivity index (χ1n) is 7.47. The van der Waals surface area contributed by atoms with Crippen LogP contribution in [0.2, 0.25) is 0 Å². The van der Waals surface area contributed by atoms with Gasteiger partial charge in [-0.1, -0.05) is 12.1 Å². The van der Waals surface area contributed by atoms with Gasteiger partial charge in [0, 0.05) is 24.4 Å². The molecule has 7 heteroatoms. The molecule has 2 N–H and O–H groups in total. The van der Waals surface area contributed by atoms with Crippen LogP contribution in [-0.2, 0) is 14.4 Å². The lowest BCUT2D eigenvalue weighted by molar-refractivity contribution is -0.147. The molecule has 23 heavy (non-hydrogen) atoms. The van der Waals surface area contributed by atoms with E-state index in [1.54, 1.807) is 11.8 Å². The van der Waals surface area contributed by atoms with E-state index in [2.05, 4.69) is 5.32 Å². The van der Waals surface area contributed by atoms with Gasteiger partial charge in [-0.15, -0.1) is 11.8 Å². The van der Waals surface area contributed by atoms with Crippen LogP contribution in [0.1, 0.15) is 19.8 Å². The molecule has 0 radical (unpaired) electrons. The average Bonchev–Trinajstić information content (AvgIpc) is 2.92. The number of rotatable bonds is 3. The molecule has 0 bridgehead atoms. The molecule has 6 nitrogen and oxygen atoms in total. The van der Waals surface area contributed by atoms with Crippen molar-refractivity contribution in [3.63, 3.8) is 0 Å². The minimum Gasteiger partial charge on any atom is -0.481 e. The molecule has 0 unspecified atom stereocenters. The summed E-state index contributed by atoms with van der Waals surface area (Å²) in [5.41, 5.74) is -0.115. The smallest absolute Gasteiger partial charge is 0.311 e. The Morgan fingerprint density at radius 2 is 2.17 bits per heavy atom. The van der Waals surface area contributed by atoms with E-state index in [0.29, 0.717) is 13.0 Å². The summed E-state index contributed by atoms with van der Waals surface area (Å²) in [6.45, 7) is 2.29. The largest absolute Gasteiger partial charge is 0.481 e. The number of carboxylic acids is 1. The monoisotopic (exact) mass is 334 g/mol. The van der Waals surface area contributed by atoms with Crippen LogP contribution in [0.3, 0.4) is 0 Å². The van der Waals surface area contributed by atoms with Gasteiger partial charge in [-0.2, -0.15) is 0 Å². The molecule has 1 fully saturated rings. The summed E-state index contributed by atoms with van der Waals surface area (Å²) in [7, 11) is 0. The van der Waals surface area contributed by atoms with Crippen LogP contribution in [0.4, 0.5) is 5.69 Å². The van der Waals surface area contributed by atoms with E-state index >= 15 is 0 Å². The predicted molar refractivity (Wildman–Crippen MR) is 86.3 cm³/mol. The van der Waals surface area contributed by atoms with Gasteiger partial charge in [0.25, 0.3) is 0 Å². The van der Waals surface area contributed by atoms with Gasteiger partial charge in [0.15, 0.2) is 0 Å². The molecular formula is C16H18N2O4S. The Morgan fingerprint density at radius 1 is 1.43 bits per heavy atom. The summed E-state index contributed by atoms with van der Waals surface area (Å²) in [5, 5.41) is 11.6. The van der Waals surface area contributed by atoms with Crippen LogP contribution in [0.5, 0.6) is 0 Å². The maximum Gasteiger partial charge on any atom is 0.311 e. The molecule has 2 atom stereocenters. The number of nitrogens with one attached hydrogen (secondary N) is 1. The van der Waals surface area contributed by atoms with E-state index in [-0.39, 0.29) is 24.8 Å². The van der Waals surface area contributed by atoms with Crippen LogP contribution in [0.15, 0.2) is 29.2 Å². The molecule has 2 amide bonds. The summed E-state index contributed by atoms with van der Waals surface area (Å²) in [5.74, 6) is -1.23. The zero-order valence-corrected chi connectivity index (χ0v) is 13.6. The molecular weight excluding hydrogens is 316 g/mol. The highest BCUT2D eigenvalue weighted by molar-refractivity contribution is 8.01. The van der Waals surface area contributed by atoms with E-state index in [9.17, 15) is 19.5 Å². The molecule has 122 valence electrons. The highest BCUT2D eigenvalue weighted by atomic mass is 32.2. The van der Waals surface area contributed by atoms with Crippen LogP contribution in [0.25, 0.3) is 0 Å². The van der Waals surface area contributed by atoms with E-state index in [0.717, 1.165) is 10.6 Å². The van der Waals surface area contributed by atoms with Crippen molar-refractivity contribution in [2.24, 2.45) is 5.41 Å². The van der Waals surface area contributed by atoms with E-state index < -0.39 is 16.6 Å². The SMILES string of the molecule is C[C@@]1(C(=O)O)CCN(C(=O)C[C@@H]2Sc3ccccc3NC2=O)C1. The first-order valence-corrected chi connectivity index (χ1v) is 8.35. The minimum absolute atomic E-state index is 0.0839. The number of amides is 2. The van der Waals surface area contributed by atoms with Gasteiger partial charge in [0.05, 0.1) is 16.4 Å². The molecule has 1 saturated heterocycles. The summed E-state index contributed by atoms with van der Waals surface area (Å²) < 4.78 is 0. The minimum atomic E-state index is -0.885. The van der Waals surface area contributed by atoms with Crippen LogP contribution in [-0.4, -0.2) is 46.1 Å². The fourth-order valence-corrected chi connectivity index (χ4v) is 3.96. The normalized spacial score (nSPS) is 26.6. The maximum atomic E-state index is 12.4. The predicted octanol–water partition coefficient (Wildman–Crippen LogP) is 1.81. The summed E-state index contributed by atoms with van der Waals surface area (Å²) in [6, 6.07) is 7.48. The van der Waals surface area contributed by atoms with Gasteiger partial charge in [0.2, 0.25) is 11.8 Å². The second kappa shape index (κ2) is 5.88. The van der Waals surface area contributed by atoms with E-state index in [4.69, 9.17) is 0 Å². The Kier molecular flexibility index (Phi) is 4.06. The Bertz CT molecular complexity index is 678. The molecule has 0 aromatic heterocycles. The van der Waals surface area contributed by atoms with Crippen molar-refractivity contribution in [3.8, 4) is 0 Å². The molecule has 2 aliphatic rings. The summed E-state index contributed by atoms with van der Waals surface area (Å²) in [4.78, 5) is 38.3. The number of hydrogen-bond donors (Lipinski definition) is 2. The van der Waals surface area contributed by atoms with Crippen molar-refractivity contribution < 1.29 is 19.5 Å². The number of hydrogen-bond acceptors (Lipinski definition) is 4. The molecule has 2 aliphatic heterocycles. The third-order valence-electron chi connectivity index (χ3n) is 4.41. The molecule has 0 spiro atoms. The maximum absolute atomic E-state index is 12.4. The number of fused-ring (bicyclic) bond motifs is 1. The number of likely N-dealkylation sites (tertiary alicyclic amines) is 1. The number of para-hydroxylation sites is 1. The molecule has 0 saturated carbocycles. The Hall–Kier alpha value is -2.02. The third-order valence-corrected chi connectivity index (χ3v) is 5.68. The van der Waals surface area contributed by atoms with Gasteiger partial charge in [-0.25, -0.2) is 0 Å². The van der Waals surface area contributed by atoms with Gasteiger partial charge in [0.1, 0.15) is 0 Å². The Labute approximate surface area is 138 Å². The highest BCUT2D eigenvalue weighted by Crippen LogP contribution is 2.37. The quantitative estimate of drug-likeness (QED) is 0.880. The first kappa shape index (κ1) is 15.9. The molecule has 2 heterocycles. The fraction of sp³-hybridized carbons (Fsp3) is 0.438. The Morgan fingerprint density at radius 3 is 2.87 bits per heavy atom. The second-order valence-electron chi connectivity index (χ2n) is 6.23. The van der Waals surface area contributed by atoms with Crippen LogP contribution >= 0.6 is 11.8 Å². The molecule has 3 rings (SSSR count). The van der Waals surface area contributed by atoms with Crippen LogP contribution < -0.4 is 5.32 Å². The topological polar surface area (TPSA) is 86.7 Å². The lowest BCUT2D eigenvalue weighted by atomic mass is 9.90.